The van der Waals surface area contributed by atoms with Crippen molar-refractivity contribution in [3.05, 3.63) is 53.7 Å². The van der Waals surface area contributed by atoms with Crippen molar-refractivity contribution in [1.82, 2.24) is 14.5 Å². The summed E-state index contributed by atoms with van der Waals surface area (Å²) in [5, 5.41) is 9.02. The molecule has 0 fully saturated rings. The Morgan fingerprint density at radius 3 is 2.62 bits per heavy atom. The number of aryl methyl sites for hydroxylation is 1. The highest BCUT2D eigenvalue weighted by molar-refractivity contribution is 5.75. The molecule has 0 radical (unpaired) electrons. The number of rotatable bonds is 5. The number of hydrogen-bond donors (Lipinski definition) is 1. The lowest BCUT2D eigenvalue weighted by Crippen LogP contribution is -2.19. The van der Waals surface area contributed by atoms with Crippen molar-refractivity contribution in [2.24, 2.45) is 7.05 Å². The van der Waals surface area contributed by atoms with E-state index in [-0.39, 0.29) is 6.61 Å². The maximum atomic E-state index is 9.02. The van der Waals surface area contributed by atoms with Crippen molar-refractivity contribution < 1.29 is 9.52 Å². The van der Waals surface area contributed by atoms with Crippen LogP contribution in [-0.4, -0.2) is 26.6 Å². The lowest BCUT2D eigenvalue weighted by atomic mass is 10.3. The minimum atomic E-state index is -0.0610. The topological polar surface area (TPSA) is 54.4 Å². The molecule has 0 amide bonds. The van der Waals surface area contributed by atoms with Crippen LogP contribution >= 0.6 is 0 Å². The number of para-hydroxylation sites is 2. The monoisotopic (exact) mass is 285 g/mol. The Morgan fingerprint density at radius 2 is 1.90 bits per heavy atom. The van der Waals surface area contributed by atoms with Gasteiger partial charge < -0.3 is 14.1 Å². The van der Waals surface area contributed by atoms with Crippen LogP contribution in [-0.2, 0) is 26.7 Å². The van der Waals surface area contributed by atoms with E-state index in [1.165, 1.54) is 0 Å². The van der Waals surface area contributed by atoms with Gasteiger partial charge in [-0.2, -0.15) is 0 Å². The third-order valence-corrected chi connectivity index (χ3v) is 3.59. The number of nitrogens with zero attached hydrogens (tertiary/aromatic N) is 3. The largest absolute Gasteiger partial charge is 0.462 e. The first-order valence-electron chi connectivity index (χ1n) is 6.94. The van der Waals surface area contributed by atoms with Crippen LogP contribution in [0.25, 0.3) is 11.0 Å². The van der Waals surface area contributed by atoms with E-state index in [0.29, 0.717) is 12.3 Å². The molecule has 1 N–H and O–H groups in total. The zero-order chi connectivity index (χ0) is 14.8. The van der Waals surface area contributed by atoms with E-state index in [1.807, 2.05) is 38.4 Å². The summed E-state index contributed by atoms with van der Waals surface area (Å²) in [5.74, 6) is 2.47. The van der Waals surface area contributed by atoms with Crippen LogP contribution in [0.3, 0.4) is 0 Å². The highest BCUT2D eigenvalue weighted by Gasteiger charge is 2.11. The van der Waals surface area contributed by atoms with Gasteiger partial charge in [-0.05, 0) is 31.3 Å². The number of aliphatic hydroxyl groups is 1. The number of aliphatic hydroxyl groups excluding tert-OH is 1. The molecule has 0 aliphatic carbocycles. The van der Waals surface area contributed by atoms with Gasteiger partial charge in [0.15, 0.2) is 0 Å². The van der Waals surface area contributed by atoms with E-state index in [2.05, 4.69) is 20.5 Å². The first-order valence-corrected chi connectivity index (χ1v) is 6.94. The molecule has 21 heavy (non-hydrogen) atoms. The Bertz CT molecular complexity index is 745. The van der Waals surface area contributed by atoms with Gasteiger partial charge in [-0.3, -0.25) is 4.90 Å². The smallest absolute Gasteiger partial charge is 0.129 e. The van der Waals surface area contributed by atoms with Crippen molar-refractivity contribution in [1.29, 1.82) is 0 Å². The molecule has 5 heteroatoms. The molecule has 1 aromatic carbocycles. The third kappa shape index (κ3) is 2.84. The highest BCUT2D eigenvalue weighted by atomic mass is 16.4. The fourth-order valence-corrected chi connectivity index (χ4v) is 2.49. The second kappa shape index (κ2) is 5.71. The van der Waals surface area contributed by atoms with Gasteiger partial charge in [0.05, 0.1) is 24.1 Å². The average molecular weight is 285 g/mol. The van der Waals surface area contributed by atoms with Crippen molar-refractivity contribution in [2.45, 2.75) is 19.7 Å². The predicted octanol–water partition coefficient (Wildman–Crippen LogP) is 2.29. The molecular formula is C16H19N3O2. The van der Waals surface area contributed by atoms with E-state index in [9.17, 15) is 0 Å². The first kappa shape index (κ1) is 13.9. The van der Waals surface area contributed by atoms with Crippen molar-refractivity contribution in [2.75, 3.05) is 7.05 Å². The van der Waals surface area contributed by atoms with Gasteiger partial charge in [-0.1, -0.05) is 12.1 Å². The Balaban J connectivity index is 1.73. The summed E-state index contributed by atoms with van der Waals surface area (Å²) in [6.45, 7) is 1.36. The second-order valence-electron chi connectivity index (χ2n) is 5.27. The van der Waals surface area contributed by atoms with Crippen LogP contribution < -0.4 is 0 Å². The number of fused-ring (bicyclic) bond motifs is 1. The molecule has 3 aromatic rings. The number of furan rings is 1. The Hall–Kier alpha value is -2.11. The molecule has 0 saturated heterocycles. The van der Waals surface area contributed by atoms with Gasteiger partial charge in [0.25, 0.3) is 0 Å². The normalized spacial score (nSPS) is 11.6. The van der Waals surface area contributed by atoms with Gasteiger partial charge in [0.1, 0.15) is 24.0 Å². The predicted molar refractivity (Wildman–Crippen MR) is 80.5 cm³/mol. The third-order valence-electron chi connectivity index (χ3n) is 3.59. The fourth-order valence-electron chi connectivity index (χ4n) is 2.49. The molecule has 0 spiro atoms. The van der Waals surface area contributed by atoms with E-state index < -0.39 is 0 Å². The van der Waals surface area contributed by atoms with E-state index in [4.69, 9.17) is 9.52 Å². The van der Waals surface area contributed by atoms with E-state index in [1.54, 1.807) is 6.07 Å². The number of benzene rings is 1. The first-order chi connectivity index (χ1) is 10.2. The summed E-state index contributed by atoms with van der Waals surface area (Å²) in [7, 11) is 4.07. The maximum Gasteiger partial charge on any atom is 0.129 e. The molecule has 0 saturated carbocycles. The lowest BCUT2D eigenvalue weighted by molar-refractivity contribution is 0.229. The molecule has 0 unspecified atom stereocenters. The summed E-state index contributed by atoms with van der Waals surface area (Å²) < 4.78 is 7.63. The summed E-state index contributed by atoms with van der Waals surface area (Å²) in [6.07, 6.45) is 0. The van der Waals surface area contributed by atoms with Crippen LogP contribution in [0.4, 0.5) is 0 Å². The molecule has 0 aliphatic heterocycles. The van der Waals surface area contributed by atoms with Gasteiger partial charge in [0.2, 0.25) is 0 Å². The van der Waals surface area contributed by atoms with Gasteiger partial charge in [-0.15, -0.1) is 0 Å². The second-order valence-corrected chi connectivity index (χ2v) is 5.27. The summed E-state index contributed by atoms with van der Waals surface area (Å²) in [4.78, 5) is 6.81. The zero-order valence-electron chi connectivity index (χ0n) is 12.3. The summed E-state index contributed by atoms with van der Waals surface area (Å²) in [5.41, 5.74) is 2.16. The number of aromatic nitrogens is 2. The Morgan fingerprint density at radius 1 is 1.14 bits per heavy atom. The standard InChI is InChI=1S/C16H19N3O2/c1-18(9-12-7-8-13(11-20)21-12)10-16-17-14-5-3-4-6-15(14)19(16)2/h3-8,20H,9-11H2,1-2H3. The maximum absolute atomic E-state index is 9.02. The minimum absolute atomic E-state index is 0.0610. The van der Waals surface area contributed by atoms with Crippen LogP contribution in [0.5, 0.6) is 0 Å². The van der Waals surface area contributed by atoms with Gasteiger partial charge in [-0.25, -0.2) is 4.98 Å². The number of hydrogen-bond acceptors (Lipinski definition) is 4. The molecule has 2 aromatic heterocycles. The SMILES string of the molecule is CN(Cc1ccc(CO)o1)Cc1nc2ccccc2n1C. The van der Waals surface area contributed by atoms with Gasteiger partial charge >= 0.3 is 0 Å². The zero-order valence-corrected chi connectivity index (χ0v) is 12.3. The Labute approximate surface area is 123 Å². The van der Waals surface area contributed by atoms with Crippen LogP contribution in [0.1, 0.15) is 17.3 Å². The molecule has 0 atom stereocenters. The molecule has 3 rings (SSSR count). The van der Waals surface area contributed by atoms with Crippen LogP contribution in [0.15, 0.2) is 40.8 Å². The Kier molecular flexibility index (Phi) is 3.77. The quantitative estimate of drug-likeness (QED) is 0.781. The molecular weight excluding hydrogens is 266 g/mol. The van der Waals surface area contributed by atoms with Crippen molar-refractivity contribution in [3.8, 4) is 0 Å². The van der Waals surface area contributed by atoms with Crippen molar-refractivity contribution in [3.63, 3.8) is 0 Å². The van der Waals surface area contributed by atoms with E-state index >= 15 is 0 Å². The number of imidazole rings is 1. The highest BCUT2D eigenvalue weighted by Crippen LogP contribution is 2.16. The van der Waals surface area contributed by atoms with Crippen LogP contribution in [0, 0.1) is 0 Å². The summed E-state index contributed by atoms with van der Waals surface area (Å²) in [6, 6.07) is 11.8. The van der Waals surface area contributed by atoms with E-state index in [0.717, 1.165) is 29.2 Å². The fraction of sp³-hybridized carbons (Fsp3) is 0.312. The molecule has 2 heterocycles. The lowest BCUT2D eigenvalue weighted by Gasteiger charge is -2.14. The summed E-state index contributed by atoms with van der Waals surface area (Å²) >= 11 is 0. The molecule has 0 aliphatic rings. The molecule has 5 nitrogen and oxygen atoms in total. The van der Waals surface area contributed by atoms with Gasteiger partial charge in [0, 0.05) is 7.05 Å². The minimum Gasteiger partial charge on any atom is -0.462 e. The van der Waals surface area contributed by atoms with Crippen LogP contribution in [0.2, 0.25) is 0 Å². The average Bonchev–Trinajstić information content (AvgIpc) is 3.05. The van der Waals surface area contributed by atoms with Crippen molar-refractivity contribution >= 4 is 11.0 Å². The molecule has 110 valence electrons. The molecule has 0 bridgehead atoms.